The maximum Gasteiger partial charge on any atom is 0.344 e. The minimum atomic E-state index is -1.48. The number of carbonyl (C=O) groups excluding carboxylic acids is 7. The van der Waals surface area contributed by atoms with Gasteiger partial charge in [-0.3, -0.25) is 29.6 Å². The zero-order chi connectivity index (χ0) is 35.1. The predicted molar refractivity (Wildman–Crippen MR) is 176 cm³/mol. The molecule has 0 spiro atoms. The number of hydrogen-bond acceptors (Lipinski definition) is 7. The van der Waals surface area contributed by atoms with Crippen molar-refractivity contribution < 1.29 is 33.6 Å². The number of piperidine rings is 1. The molecule has 1 saturated heterocycles. The van der Waals surface area contributed by atoms with Crippen molar-refractivity contribution >= 4 is 42.1 Å². The molecule has 2 N–H and O–H groups in total. The van der Waals surface area contributed by atoms with E-state index in [0.29, 0.717) is 55.1 Å². The lowest BCUT2D eigenvalue weighted by Crippen LogP contribution is -2.59. The summed E-state index contributed by atoms with van der Waals surface area (Å²) in [6.45, 7) is 7.20. The summed E-state index contributed by atoms with van der Waals surface area (Å²) in [5.74, 6) is -1.32. The SMILES string of the molecule is CCCCN(C(=O)CCC(C)C)N(C)C(=O)NC(=O)N(C)[C@@H](Cc1ccccc1)C(=O)N(C)C(=O)N[C@@H](C=O)C(=O)N1CCCCC1. The van der Waals surface area contributed by atoms with E-state index < -0.39 is 42.0 Å². The Labute approximate surface area is 277 Å². The van der Waals surface area contributed by atoms with Crippen LogP contribution in [0.25, 0.3) is 0 Å². The lowest BCUT2D eigenvalue weighted by molar-refractivity contribution is -0.143. The molecule has 1 aliphatic rings. The molecule has 1 fully saturated rings. The van der Waals surface area contributed by atoms with Crippen molar-refractivity contribution in [2.24, 2.45) is 5.92 Å². The second-order valence-corrected chi connectivity index (χ2v) is 12.2. The highest BCUT2D eigenvalue weighted by atomic mass is 16.2. The Morgan fingerprint density at radius 1 is 0.915 bits per heavy atom. The first-order valence-corrected chi connectivity index (χ1v) is 16.3. The average molecular weight is 658 g/mol. The Kier molecular flexibility index (Phi) is 15.8. The molecule has 2 atom stereocenters. The number of likely N-dealkylation sites (N-methyl/N-ethyl adjacent to an activating group) is 2. The minimum absolute atomic E-state index is 0.00856. The molecule has 0 aromatic heterocycles. The van der Waals surface area contributed by atoms with E-state index in [1.807, 2.05) is 20.8 Å². The number of hydrazine groups is 1. The first-order valence-electron chi connectivity index (χ1n) is 16.3. The van der Waals surface area contributed by atoms with Crippen LogP contribution in [0.15, 0.2) is 30.3 Å². The van der Waals surface area contributed by atoms with Gasteiger partial charge in [0.05, 0.1) is 0 Å². The topological polar surface area (TPSA) is 160 Å². The van der Waals surface area contributed by atoms with E-state index in [-0.39, 0.29) is 18.7 Å². The molecule has 0 radical (unpaired) electrons. The van der Waals surface area contributed by atoms with Crippen molar-refractivity contribution in [2.45, 2.75) is 84.2 Å². The van der Waals surface area contributed by atoms with Crippen LogP contribution in [-0.4, -0.2) is 120 Å². The fraction of sp³-hybridized carbons (Fsp3) is 0.606. The quantitative estimate of drug-likeness (QED) is 0.187. The molecule has 0 saturated carbocycles. The smallest absolute Gasteiger partial charge is 0.341 e. The number of hydrogen-bond donors (Lipinski definition) is 2. The maximum absolute atomic E-state index is 13.8. The van der Waals surface area contributed by atoms with Crippen LogP contribution in [0.4, 0.5) is 14.4 Å². The van der Waals surface area contributed by atoms with E-state index in [2.05, 4.69) is 10.6 Å². The van der Waals surface area contributed by atoms with Gasteiger partial charge in [0.2, 0.25) is 5.91 Å². The summed E-state index contributed by atoms with van der Waals surface area (Å²) in [6, 6.07) is 3.28. The van der Waals surface area contributed by atoms with Crippen molar-refractivity contribution in [1.29, 1.82) is 0 Å². The largest absolute Gasteiger partial charge is 0.344 e. The average Bonchev–Trinajstić information content (AvgIpc) is 3.07. The number of rotatable bonds is 13. The van der Waals surface area contributed by atoms with Crippen LogP contribution in [0.5, 0.6) is 0 Å². The van der Waals surface area contributed by atoms with E-state index in [1.54, 1.807) is 30.3 Å². The van der Waals surface area contributed by atoms with E-state index in [0.717, 1.165) is 35.6 Å². The summed E-state index contributed by atoms with van der Waals surface area (Å²) in [5, 5.41) is 6.95. The highest BCUT2D eigenvalue weighted by molar-refractivity contribution is 6.04. The second kappa shape index (κ2) is 19.2. The van der Waals surface area contributed by atoms with Crippen LogP contribution in [-0.2, 0) is 25.6 Å². The lowest BCUT2D eigenvalue weighted by Gasteiger charge is -2.34. The van der Waals surface area contributed by atoms with Crippen LogP contribution in [0, 0.1) is 5.92 Å². The van der Waals surface area contributed by atoms with Crippen molar-refractivity contribution in [2.75, 3.05) is 40.8 Å². The van der Waals surface area contributed by atoms with E-state index >= 15 is 0 Å². The van der Waals surface area contributed by atoms with Gasteiger partial charge in [0.25, 0.3) is 11.8 Å². The van der Waals surface area contributed by atoms with Gasteiger partial charge in [0.1, 0.15) is 6.04 Å². The third kappa shape index (κ3) is 11.7. The number of unbranched alkanes of at least 4 members (excludes halogenated alkanes) is 1. The monoisotopic (exact) mass is 657 g/mol. The Morgan fingerprint density at radius 3 is 2.13 bits per heavy atom. The molecule has 1 heterocycles. The molecule has 0 aliphatic carbocycles. The highest BCUT2D eigenvalue weighted by Crippen LogP contribution is 2.14. The number of nitrogens with one attached hydrogen (secondary N) is 2. The standard InChI is InChI=1S/C33H51N7O7/c1-7-8-21-40(28(42)18-17-24(2)3)38(6)33(47)35-32(46)36(4)27(22-25-15-11-9-12-16-25)30(44)37(5)31(45)34-26(23-41)29(43)39-19-13-10-14-20-39/h9,11-12,15-16,23-24,26-27H,7-8,10,13-14,17-22H2,1-6H3,(H,34,45)(H,35,46,47)/t26-,27-/m0/s1. The van der Waals surface area contributed by atoms with Crippen molar-refractivity contribution in [3.8, 4) is 0 Å². The molecule has 260 valence electrons. The van der Waals surface area contributed by atoms with E-state index in [9.17, 15) is 33.6 Å². The molecule has 0 unspecified atom stereocenters. The molecular weight excluding hydrogens is 606 g/mol. The zero-order valence-corrected chi connectivity index (χ0v) is 28.6. The number of carbonyl (C=O) groups is 7. The van der Waals surface area contributed by atoms with Gasteiger partial charge in [0, 0.05) is 53.6 Å². The van der Waals surface area contributed by atoms with Crippen molar-refractivity contribution in [1.82, 2.24) is 35.4 Å². The van der Waals surface area contributed by atoms with E-state index in [1.165, 1.54) is 31.1 Å². The molecule has 9 amide bonds. The minimum Gasteiger partial charge on any atom is -0.341 e. The van der Waals surface area contributed by atoms with Crippen LogP contribution < -0.4 is 10.6 Å². The Bertz CT molecular complexity index is 1240. The van der Waals surface area contributed by atoms with Crippen LogP contribution in [0.2, 0.25) is 0 Å². The van der Waals surface area contributed by atoms with Crippen LogP contribution >= 0.6 is 0 Å². The first kappa shape index (κ1) is 38.7. The summed E-state index contributed by atoms with van der Waals surface area (Å²) in [4.78, 5) is 94.3. The maximum atomic E-state index is 13.8. The Morgan fingerprint density at radius 2 is 1.55 bits per heavy atom. The second-order valence-electron chi connectivity index (χ2n) is 12.2. The van der Waals surface area contributed by atoms with Gasteiger partial charge in [-0.25, -0.2) is 19.4 Å². The number of imide groups is 2. The van der Waals surface area contributed by atoms with Gasteiger partial charge in [-0.15, -0.1) is 0 Å². The third-order valence-corrected chi connectivity index (χ3v) is 8.15. The Hall–Kier alpha value is -4.49. The Balaban J connectivity index is 2.21. The summed E-state index contributed by atoms with van der Waals surface area (Å²) in [6.07, 6.45) is 5.19. The fourth-order valence-electron chi connectivity index (χ4n) is 5.05. The van der Waals surface area contributed by atoms with Gasteiger partial charge < -0.3 is 19.9 Å². The van der Waals surface area contributed by atoms with Gasteiger partial charge in [-0.1, -0.05) is 57.5 Å². The molecule has 14 heteroatoms. The number of nitrogens with zero attached hydrogens (tertiary/aromatic N) is 5. The molecule has 1 aromatic rings. The van der Waals surface area contributed by atoms with Gasteiger partial charge in [-0.05, 0) is 43.6 Å². The summed E-state index contributed by atoms with van der Waals surface area (Å²) in [5.41, 5.74) is 0.676. The van der Waals surface area contributed by atoms with E-state index in [4.69, 9.17) is 0 Å². The third-order valence-electron chi connectivity index (χ3n) is 8.15. The summed E-state index contributed by atoms with van der Waals surface area (Å²) < 4.78 is 0. The molecule has 0 bridgehead atoms. The van der Waals surface area contributed by atoms with Gasteiger partial charge in [-0.2, -0.15) is 0 Å². The number of likely N-dealkylation sites (tertiary alicyclic amines) is 1. The molecule has 1 aromatic carbocycles. The number of aldehydes is 1. The van der Waals surface area contributed by atoms with Crippen LogP contribution in [0.3, 0.4) is 0 Å². The zero-order valence-electron chi connectivity index (χ0n) is 28.6. The molecule has 47 heavy (non-hydrogen) atoms. The van der Waals surface area contributed by atoms with Crippen molar-refractivity contribution in [3.05, 3.63) is 35.9 Å². The molecule has 2 rings (SSSR count). The van der Waals surface area contributed by atoms with Gasteiger partial charge >= 0.3 is 18.1 Å². The predicted octanol–water partition coefficient (Wildman–Crippen LogP) is 3.02. The van der Waals surface area contributed by atoms with Gasteiger partial charge in [0.15, 0.2) is 12.3 Å². The number of benzene rings is 1. The lowest BCUT2D eigenvalue weighted by atomic mass is 10.0. The highest BCUT2D eigenvalue weighted by Gasteiger charge is 2.35. The van der Waals surface area contributed by atoms with Crippen LogP contribution in [0.1, 0.15) is 71.3 Å². The van der Waals surface area contributed by atoms with Crippen molar-refractivity contribution in [3.63, 3.8) is 0 Å². The summed E-state index contributed by atoms with van der Waals surface area (Å²) in [7, 11) is 3.89. The first-order chi connectivity index (χ1) is 22.3. The molecule has 1 aliphatic heterocycles. The number of amides is 9. The molecular formula is C33H51N7O7. The fourth-order valence-corrected chi connectivity index (χ4v) is 5.05. The number of urea groups is 3. The molecule has 14 nitrogen and oxygen atoms in total. The normalized spacial score (nSPS) is 14.0. The summed E-state index contributed by atoms with van der Waals surface area (Å²) >= 11 is 0.